The van der Waals surface area contributed by atoms with Gasteiger partial charge in [-0.2, -0.15) is 0 Å². The molecule has 1 heterocycles. The molecule has 1 aromatic heterocycles. The molecule has 1 amide bonds. The molecule has 0 spiro atoms. The van der Waals surface area contributed by atoms with Crippen molar-refractivity contribution in [3.05, 3.63) is 36.7 Å². The van der Waals surface area contributed by atoms with E-state index in [0.29, 0.717) is 10.8 Å². The van der Waals surface area contributed by atoms with Crippen molar-refractivity contribution in [2.45, 2.75) is 9.92 Å². The molecule has 0 radical (unpaired) electrons. The van der Waals surface area contributed by atoms with Gasteiger partial charge in [-0.1, -0.05) is 23.9 Å². The van der Waals surface area contributed by atoms with Gasteiger partial charge in [0.1, 0.15) is 5.03 Å². The summed E-state index contributed by atoms with van der Waals surface area (Å²) in [4.78, 5) is 21.0. The van der Waals surface area contributed by atoms with Crippen molar-refractivity contribution in [1.29, 1.82) is 0 Å². The fourth-order valence-electron chi connectivity index (χ4n) is 1.52. The first-order chi connectivity index (χ1) is 9.70. The minimum absolute atomic E-state index is 0.0958. The first-order valence-electron chi connectivity index (χ1n) is 5.83. The van der Waals surface area contributed by atoms with Crippen molar-refractivity contribution in [3.63, 3.8) is 0 Å². The lowest BCUT2D eigenvalue weighted by atomic mass is 10.3. The van der Waals surface area contributed by atoms with Gasteiger partial charge in [0.25, 0.3) is 0 Å². The van der Waals surface area contributed by atoms with Crippen molar-refractivity contribution in [2.75, 3.05) is 23.1 Å². The maximum absolute atomic E-state index is 11.9. The van der Waals surface area contributed by atoms with E-state index in [4.69, 9.17) is 5.73 Å². The van der Waals surface area contributed by atoms with Crippen LogP contribution in [0.15, 0.2) is 46.6 Å². The molecule has 7 heteroatoms. The zero-order valence-corrected chi connectivity index (χ0v) is 12.5. The third kappa shape index (κ3) is 3.88. The van der Waals surface area contributed by atoms with Crippen molar-refractivity contribution >= 4 is 40.9 Å². The van der Waals surface area contributed by atoms with Gasteiger partial charge in [0.05, 0.1) is 11.4 Å². The third-order valence-corrected chi connectivity index (χ3v) is 4.20. The summed E-state index contributed by atoms with van der Waals surface area (Å²) in [5, 5.41) is 3.45. The molecule has 0 unspecified atom stereocenters. The summed E-state index contributed by atoms with van der Waals surface area (Å²) < 4.78 is 0. The zero-order chi connectivity index (χ0) is 14.4. The molecule has 0 fully saturated rings. The topological polar surface area (TPSA) is 80.9 Å². The van der Waals surface area contributed by atoms with E-state index in [9.17, 15) is 4.79 Å². The number of nitrogens with two attached hydrogens (primary N) is 1. The van der Waals surface area contributed by atoms with Gasteiger partial charge in [-0.25, -0.2) is 9.97 Å². The van der Waals surface area contributed by atoms with Crippen LogP contribution < -0.4 is 11.1 Å². The Hall–Kier alpha value is -1.73. The number of benzene rings is 1. The maximum Gasteiger partial charge on any atom is 0.234 e. The number of hydrogen-bond acceptors (Lipinski definition) is 6. The average Bonchev–Trinajstić information content (AvgIpc) is 2.47. The van der Waals surface area contributed by atoms with Crippen molar-refractivity contribution in [3.8, 4) is 0 Å². The second kappa shape index (κ2) is 7.16. The first kappa shape index (κ1) is 14.7. The van der Waals surface area contributed by atoms with E-state index in [2.05, 4.69) is 15.3 Å². The fraction of sp³-hybridized carbons (Fsp3) is 0.154. The van der Waals surface area contributed by atoms with E-state index in [-0.39, 0.29) is 11.7 Å². The Morgan fingerprint density at radius 3 is 2.80 bits per heavy atom. The Balaban J connectivity index is 1.95. The summed E-state index contributed by atoms with van der Waals surface area (Å²) in [5.74, 6) is 0.488. The van der Waals surface area contributed by atoms with Crippen molar-refractivity contribution < 1.29 is 4.79 Å². The molecule has 2 aromatic rings. The van der Waals surface area contributed by atoms with Gasteiger partial charge in [-0.05, 0) is 18.4 Å². The summed E-state index contributed by atoms with van der Waals surface area (Å²) in [6.45, 7) is 0. The van der Waals surface area contributed by atoms with Crippen LogP contribution in [0.3, 0.4) is 0 Å². The van der Waals surface area contributed by atoms with Gasteiger partial charge < -0.3 is 11.1 Å². The van der Waals surface area contributed by atoms with Crippen LogP contribution in [0.4, 0.5) is 11.5 Å². The lowest BCUT2D eigenvalue weighted by molar-refractivity contribution is -0.113. The molecule has 0 atom stereocenters. The highest BCUT2D eigenvalue weighted by molar-refractivity contribution is 8.00. The molecule has 3 N–H and O–H groups in total. The van der Waals surface area contributed by atoms with Crippen LogP contribution in [0.5, 0.6) is 0 Å². The van der Waals surface area contributed by atoms with Crippen LogP contribution in [0.2, 0.25) is 0 Å². The fourth-order valence-corrected chi connectivity index (χ4v) is 2.74. The molecule has 0 saturated carbocycles. The quantitative estimate of drug-likeness (QED) is 0.826. The van der Waals surface area contributed by atoms with E-state index < -0.39 is 0 Å². The number of hydrogen-bond donors (Lipinski definition) is 2. The highest BCUT2D eigenvalue weighted by Crippen LogP contribution is 2.25. The summed E-state index contributed by atoms with van der Waals surface area (Å²) in [6, 6.07) is 7.68. The predicted octanol–water partition coefficient (Wildman–Crippen LogP) is 2.51. The Bertz CT molecular complexity index is 606. The summed E-state index contributed by atoms with van der Waals surface area (Å²) in [5.41, 5.74) is 6.49. The highest BCUT2D eigenvalue weighted by Gasteiger charge is 2.09. The number of rotatable bonds is 5. The van der Waals surface area contributed by atoms with Gasteiger partial charge in [-0.15, -0.1) is 11.8 Å². The SMILES string of the molecule is CSc1ccccc1NC(=O)CSc1nccnc1N. The molecule has 1 aromatic carbocycles. The predicted molar refractivity (Wildman–Crippen MR) is 84.0 cm³/mol. The van der Waals surface area contributed by atoms with Crippen molar-refractivity contribution in [2.24, 2.45) is 0 Å². The normalized spacial score (nSPS) is 10.2. The summed E-state index contributed by atoms with van der Waals surface area (Å²) >= 11 is 2.86. The number of anilines is 2. The molecule has 0 aliphatic heterocycles. The van der Waals surface area contributed by atoms with Gasteiger partial charge in [0.2, 0.25) is 5.91 Å². The number of amides is 1. The molecule has 104 valence electrons. The molecule has 0 saturated heterocycles. The molecule has 0 bridgehead atoms. The number of nitrogens with zero attached hydrogens (tertiary/aromatic N) is 2. The molecule has 5 nitrogen and oxygen atoms in total. The third-order valence-electron chi connectivity index (χ3n) is 2.41. The smallest absolute Gasteiger partial charge is 0.234 e. The van der Waals surface area contributed by atoms with E-state index in [0.717, 1.165) is 10.6 Å². The average molecular weight is 306 g/mol. The van der Waals surface area contributed by atoms with E-state index in [1.165, 1.54) is 18.0 Å². The molecular formula is C13H14N4OS2. The van der Waals surface area contributed by atoms with Crippen LogP contribution in [0.1, 0.15) is 0 Å². The maximum atomic E-state index is 11.9. The summed E-state index contributed by atoms with van der Waals surface area (Å²) in [7, 11) is 0. The van der Waals surface area contributed by atoms with Gasteiger partial charge in [-0.3, -0.25) is 4.79 Å². The minimum atomic E-state index is -0.0958. The molecule has 20 heavy (non-hydrogen) atoms. The Kier molecular flexibility index (Phi) is 5.25. The Labute approximate surface area is 125 Å². The van der Waals surface area contributed by atoms with Crippen LogP contribution in [0.25, 0.3) is 0 Å². The molecular weight excluding hydrogens is 292 g/mol. The van der Waals surface area contributed by atoms with Crippen LogP contribution >= 0.6 is 23.5 Å². The van der Waals surface area contributed by atoms with Crippen LogP contribution in [-0.2, 0) is 4.79 Å². The van der Waals surface area contributed by atoms with E-state index in [1.54, 1.807) is 18.0 Å². The first-order valence-corrected chi connectivity index (χ1v) is 8.04. The Morgan fingerprint density at radius 2 is 2.05 bits per heavy atom. The number of carbonyl (C=O) groups is 1. The highest BCUT2D eigenvalue weighted by atomic mass is 32.2. The number of aromatic nitrogens is 2. The van der Waals surface area contributed by atoms with Gasteiger partial charge in [0, 0.05) is 17.3 Å². The second-order valence-corrected chi connectivity index (χ2v) is 5.60. The number of carbonyl (C=O) groups excluding carboxylic acids is 1. The summed E-state index contributed by atoms with van der Waals surface area (Å²) in [6.07, 6.45) is 5.05. The lowest BCUT2D eigenvalue weighted by Gasteiger charge is -2.09. The number of thioether (sulfide) groups is 2. The van der Waals surface area contributed by atoms with E-state index in [1.807, 2.05) is 30.5 Å². The number of para-hydroxylation sites is 1. The second-order valence-electron chi connectivity index (χ2n) is 3.78. The van der Waals surface area contributed by atoms with Crippen LogP contribution in [0, 0.1) is 0 Å². The lowest BCUT2D eigenvalue weighted by Crippen LogP contribution is -2.15. The van der Waals surface area contributed by atoms with Crippen LogP contribution in [-0.4, -0.2) is 27.9 Å². The molecule has 0 aliphatic carbocycles. The largest absolute Gasteiger partial charge is 0.381 e. The Morgan fingerprint density at radius 1 is 1.30 bits per heavy atom. The van der Waals surface area contributed by atoms with E-state index >= 15 is 0 Å². The number of nitrogen functional groups attached to an aromatic ring is 1. The minimum Gasteiger partial charge on any atom is -0.381 e. The zero-order valence-electron chi connectivity index (χ0n) is 10.9. The molecule has 0 aliphatic rings. The van der Waals surface area contributed by atoms with Crippen molar-refractivity contribution in [1.82, 2.24) is 9.97 Å². The van der Waals surface area contributed by atoms with Gasteiger partial charge >= 0.3 is 0 Å². The monoisotopic (exact) mass is 306 g/mol. The van der Waals surface area contributed by atoms with Gasteiger partial charge in [0.15, 0.2) is 5.82 Å². The standard InChI is InChI=1S/C13H14N4OS2/c1-19-10-5-3-2-4-9(10)17-11(18)8-20-13-12(14)15-6-7-16-13/h2-7H,8H2,1H3,(H2,14,15)(H,17,18). The molecule has 2 rings (SSSR count). The number of nitrogens with one attached hydrogen (secondary N) is 1.